The summed E-state index contributed by atoms with van der Waals surface area (Å²) in [6.07, 6.45) is 0. The molecule has 1 amide bonds. The molecule has 0 bridgehead atoms. The summed E-state index contributed by atoms with van der Waals surface area (Å²) in [5.74, 6) is 5.51. The molecule has 1 atom stereocenters. The zero-order valence-corrected chi connectivity index (χ0v) is 11.6. The SMILES string of the molecule is Cc1cc(C(=O)N2CCN(C)CC2C)nc(NN)n1. The van der Waals surface area contributed by atoms with Gasteiger partial charge in [-0.3, -0.25) is 10.2 Å². The predicted octanol–water partition coefficient (Wildman–Crippen LogP) is -0.153. The molecule has 7 nitrogen and oxygen atoms in total. The van der Waals surface area contributed by atoms with Gasteiger partial charge in [0, 0.05) is 31.4 Å². The number of rotatable bonds is 2. The average molecular weight is 264 g/mol. The van der Waals surface area contributed by atoms with Crippen molar-refractivity contribution in [3.05, 3.63) is 17.5 Å². The van der Waals surface area contributed by atoms with Gasteiger partial charge in [0.1, 0.15) is 5.69 Å². The predicted molar refractivity (Wildman–Crippen MR) is 72.6 cm³/mol. The minimum Gasteiger partial charge on any atom is -0.332 e. The maximum absolute atomic E-state index is 12.5. The molecule has 0 radical (unpaired) electrons. The number of hydrogen-bond acceptors (Lipinski definition) is 6. The number of hydrogen-bond donors (Lipinski definition) is 2. The summed E-state index contributed by atoms with van der Waals surface area (Å²) in [6.45, 7) is 6.32. The number of aromatic nitrogens is 2. The van der Waals surface area contributed by atoms with Crippen molar-refractivity contribution in [3.63, 3.8) is 0 Å². The summed E-state index contributed by atoms with van der Waals surface area (Å²) >= 11 is 0. The third-order valence-electron chi connectivity index (χ3n) is 3.29. The van der Waals surface area contributed by atoms with E-state index in [0.29, 0.717) is 17.9 Å². The van der Waals surface area contributed by atoms with Crippen molar-refractivity contribution in [1.82, 2.24) is 19.8 Å². The summed E-state index contributed by atoms with van der Waals surface area (Å²) < 4.78 is 0. The van der Waals surface area contributed by atoms with Gasteiger partial charge < -0.3 is 9.80 Å². The van der Waals surface area contributed by atoms with E-state index in [1.807, 2.05) is 18.7 Å². The van der Waals surface area contributed by atoms with Gasteiger partial charge in [0.15, 0.2) is 0 Å². The van der Waals surface area contributed by atoms with E-state index in [4.69, 9.17) is 5.84 Å². The highest BCUT2D eigenvalue weighted by molar-refractivity contribution is 5.93. The average Bonchev–Trinajstić information content (AvgIpc) is 2.37. The molecule has 104 valence electrons. The Kier molecular flexibility index (Phi) is 3.96. The highest BCUT2D eigenvalue weighted by Crippen LogP contribution is 2.13. The monoisotopic (exact) mass is 264 g/mol. The van der Waals surface area contributed by atoms with Crippen LogP contribution in [0.1, 0.15) is 23.1 Å². The molecule has 19 heavy (non-hydrogen) atoms. The van der Waals surface area contributed by atoms with Gasteiger partial charge in [-0.25, -0.2) is 15.8 Å². The number of nitrogen functional groups attached to an aromatic ring is 1. The summed E-state index contributed by atoms with van der Waals surface area (Å²) in [5, 5.41) is 0. The maximum atomic E-state index is 12.5. The van der Waals surface area contributed by atoms with Gasteiger partial charge in [-0.2, -0.15) is 0 Å². The Hall–Kier alpha value is -1.73. The summed E-state index contributed by atoms with van der Waals surface area (Å²) in [7, 11) is 2.06. The van der Waals surface area contributed by atoms with Gasteiger partial charge in [-0.15, -0.1) is 0 Å². The first-order valence-corrected chi connectivity index (χ1v) is 6.33. The Labute approximate surface area is 112 Å². The second-order valence-electron chi connectivity index (χ2n) is 4.97. The van der Waals surface area contributed by atoms with Crippen molar-refractivity contribution in [2.45, 2.75) is 19.9 Å². The molecule has 2 heterocycles. The van der Waals surface area contributed by atoms with E-state index in [1.165, 1.54) is 0 Å². The van der Waals surface area contributed by atoms with Crippen molar-refractivity contribution in [3.8, 4) is 0 Å². The molecule has 2 rings (SSSR count). The second-order valence-corrected chi connectivity index (χ2v) is 4.97. The molecule has 0 aliphatic carbocycles. The standard InChI is InChI=1S/C12H20N6O/c1-8-6-10(15-12(14-8)16-13)11(19)18-5-4-17(3)7-9(18)2/h6,9H,4-5,7,13H2,1-3H3,(H,14,15,16). The number of nitrogens with zero attached hydrogens (tertiary/aromatic N) is 4. The van der Waals surface area contributed by atoms with Gasteiger partial charge >= 0.3 is 0 Å². The second kappa shape index (κ2) is 5.50. The highest BCUT2D eigenvalue weighted by Gasteiger charge is 2.27. The molecule has 3 N–H and O–H groups in total. The van der Waals surface area contributed by atoms with Crippen molar-refractivity contribution < 1.29 is 4.79 Å². The number of carbonyl (C=O) groups is 1. The topological polar surface area (TPSA) is 87.4 Å². The van der Waals surface area contributed by atoms with Gasteiger partial charge in [-0.05, 0) is 27.0 Å². The molecule has 1 saturated heterocycles. The van der Waals surface area contributed by atoms with Gasteiger partial charge in [-0.1, -0.05) is 0 Å². The first-order valence-electron chi connectivity index (χ1n) is 6.33. The lowest BCUT2D eigenvalue weighted by Gasteiger charge is -2.38. The minimum absolute atomic E-state index is 0.0670. The molecule has 1 aliphatic heterocycles. The Bertz CT molecular complexity index is 477. The first kappa shape index (κ1) is 13.7. The minimum atomic E-state index is -0.0670. The van der Waals surface area contributed by atoms with E-state index in [2.05, 4.69) is 27.3 Å². The van der Waals surface area contributed by atoms with Crippen LogP contribution in [0.15, 0.2) is 6.07 Å². The van der Waals surface area contributed by atoms with Crippen LogP contribution in [0.25, 0.3) is 0 Å². The number of piperazine rings is 1. The van der Waals surface area contributed by atoms with Crippen LogP contribution in [0.3, 0.4) is 0 Å². The fourth-order valence-electron chi connectivity index (χ4n) is 2.33. The Morgan fingerprint density at radius 3 is 2.84 bits per heavy atom. The van der Waals surface area contributed by atoms with Crippen LogP contribution in [-0.4, -0.2) is 58.4 Å². The largest absolute Gasteiger partial charge is 0.332 e. The van der Waals surface area contributed by atoms with Crippen molar-refractivity contribution >= 4 is 11.9 Å². The number of nitrogens with two attached hydrogens (primary N) is 1. The fourth-order valence-corrected chi connectivity index (χ4v) is 2.33. The molecular formula is C12H20N6O. The van der Waals surface area contributed by atoms with Gasteiger partial charge in [0.05, 0.1) is 0 Å². The number of likely N-dealkylation sites (N-methyl/N-ethyl adjacent to an activating group) is 1. The van der Waals surface area contributed by atoms with Crippen molar-refractivity contribution in [2.24, 2.45) is 5.84 Å². The van der Waals surface area contributed by atoms with Crippen molar-refractivity contribution in [2.75, 3.05) is 32.1 Å². The fraction of sp³-hybridized carbons (Fsp3) is 0.583. The van der Waals surface area contributed by atoms with Crippen LogP contribution in [0.5, 0.6) is 0 Å². The van der Waals surface area contributed by atoms with Crippen LogP contribution in [0.2, 0.25) is 0 Å². The zero-order chi connectivity index (χ0) is 14.0. The van der Waals surface area contributed by atoms with E-state index in [-0.39, 0.29) is 17.9 Å². The van der Waals surface area contributed by atoms with Crippen molar-refractivity contribution in [1.29, 1.82) is 0 Å². The summed E-state index contributed by atoms with van der Waals surface area (Å²) in [4.78, 5) is 24.8. The van der Waals surface area contributed by atoms with Crippen LogP contribution in [0.4, 0.5) is 5.95 Å². The van der Waals surface area contributed by atoms with E-state index >= 15 is 0 Å². The quantitative estimate of drug-likeness (QED) is 0.570. The normalized spacial score (nSPS) is 20.4. The Morgan fingerprint density at radius 1 is 1.47 bits per heavy atom. The molecular weight excluding hydrogens is 244 g/mol. The number of nitrogens with one attached hydrogen (secondary N) is 1. The number of aryl methyl sites for hydroxylation is 1. The molecule has 1 unspecified atom stereocenters. The highest BCUT2D eigenvalue weighted by atomic mass is 16.2. The van der Waals surface area contributed by atoms with Crippen LogP contribution >= 0.6 is 0 Å². The maximum Gasteiger partial charge on any atom is 0.272 e. The third-order valence-corrected chi connectivity index (χ3v) is 3.29. The molecule has 0 spiro atoms. The van der Waals surface area contributed by atoms with Crippen LogP contribution in [0, 0.1) is 6.92 Å². The van der Waals surface area contributed by atoms with E-state index < -0.39 is 0 Å². The lowest BCUT2D eigenvalue weighted by atomic mass is 10.1. The van der Waals surface area contributed by atoms with Gasteiger partial charge in [0.25, 0.3) is 5.91 Å². The molecule has 1 aromatic heterocycles. The Morgan fingerprint density at radius 2 is 2.21 bits per heavy atom. The molecule has 0 saturated carbocycles. The van der Waals surface area contributed by atoms with E-state index in [1.54, 1.807) is 6.07 Å². The van der Waals surface area contributed by atoms with Crippen LogP contribution < -0.4 is 11.3 Å². The smallest absolute Gasteiger partial charge is 0.272 e. The summed E-state index contributed by atoms with van der Waals surface area (Å²) in [5.41, 5.74) is 3.48. The number of amides is 1. The number of carbonyl (C=O) groups excluding carboxylic acids is 1. The molecule has 0 aromatic carbocycles. The molecule has 7 heteroatoms. The Balaban J connectivity index is 2.21. The molecule has 1 fully saturated rings. The number of anilines is 1. The lowest BCUT2D eigenvalue weighted by Crippen LogP contribution is -2.52. The van der Waals surface area contributed by atoms with E-state index in [0.717, 1.165) is 13.1 Å². The summed E-state index contributed by atoms with van der Waals surface area (Å²) in [6, 6.07) is 1.87. The van der Waals surface area contributed by atoms with E-state index in [9.17, 15) is 4.79 Å². The lowest BCUT2D eigenvalue weighted by molar-refractivity contribution is 0.0527. The van der Waals surface area contributed by atoms with Crippen LogP contribution in [-0.2, 0) is 0 Å². The zero-order valence-electron chi connectivity index (χ0n) is 11.6. The molecule has 1 aliphatic rings. The first-order chi connectivity index (χ1) is 9.01. The molecule has 1 aromatic rings. The third kappa shape index (κ3) is 2.99. The number of hydrazine groups is 1. The van der Waals surface area contributed by atoms with Gasteiger partial charge in [0.2, 0.25) is 5.95 Å².